The van der Waals surface area contributed by atoms with Crippen molar-refractivity contribution >= 4 is 27.7 Å². The van der Waals surface area contributed by atoms with E-state index < -0.39 is 34.1 Å². The lowest BCUT2D eigenvalue weighted by Crippen LogP contribution is -2.55. The van der Waals surface area contributed by atoms with Crippen molar-refractivity contribution in [3.05, 3.63) is 69.6 Å². The number of benzene rings is 2. The smallest absolute Gasteiger partial charge is 0.388 e. The van der Waals surface area contributed by atoms with Gasteiger partial charge in [0.2, 0.25) is 10.0 Å². The monoisotopic (exact) mass is 562 g/mol. The maximum atomic E-state index is 13.0. The first kappa shape index (κ1) is 30.2. The van der Waals surface area contributed by atoms with Crippen molar-refractivity contribution in [1.82, 2.24) is 9.62 Å². The predicted octanol–water partition coefficient (Wildman–Crippen LogP) is 5.32. The van der Waals surface area contributed by atoms with Crippen LogP contribution in [-0.4, -0.2) is 50.5 Å². The van der Waals surface area contributed by atoms with Crippen molar-refractivity contribution in [2.75, 3.05) is 25.5 Å². The van der Waals surface area contributed by atoms with Crippen LogP contribution < -0.4 is 10.6 Å². The molecule has 0 spiro atoms. The van der Waals surface area contributed by atoms with Crippen molar-refractivity contribution in [3.8, 4) is 6.07 Å². The molecule has 210 valence electrons. The summed E-state index contributed by atoms with van der Waals surface area (Å²) in [4.78, 5) is 12.8. The number of carbonyl (C=O) groups excluding carboxylic acids is 1. The lowest BCUT2D eigenvalue weighted by molar-refractivity contribution is -0.135. The van der Waals surface area contributed by atoms with Gasteiger partial charge in [0, 0.05) is 43.2 Å². The third kappa shape index (κ3) is 8.07. The highest BCUT2D eigenvalue weighted by atomic mass is 32.2. The molecule has 11 heteroatoms. The van der Waals surface area contributed by atoms with Crippen LogP contribution in [0.4, 0.5) is 18.9 Å². The van der Waals surface area contributed by atoms with Crippen LogP contribution in [0, 0.1) is 25.2 Å². The molecule has 0 aliphatic carbocycles. The number of rotatable bonds is 9. The molecule has 2 aromatic rings. The van der Waals surface area contributed by atoms with Crippen LogP contribution in [0.25, 0.3) is 6.08 Å². The summed E-state index contributed by atoms with van der Waals surface area (Å²) >= 11 is 0. The molecule has 1 fully saturated rings. The molecule has 1 saturated heterocycles. The first-order valence-corrected chi connectivity index (χ1v) is 14.1. The van der Waals surface area contributed by atoms with Crippen LogP contribution in [-0.2, 0) is 16.4 Å². The van der Waals surface area contributed by atoms with Crippen molar-refractivity contribution in [1.29, 1.82) is 5.26 Å². The molecule has 7 nitrogen and oxygen atoms in total. The highest BCUT2D eigenvalue weighted by Crippen LogP contribution is 2.27. The Bertz CT molecular complexity index is 1330. The molecule has 0 unspecified atom stereocenters. The molecule has 0 radical (unpaired) electrons. The van der Waals surface area contributed by atoms with Crippen molar-refractivity contribution in [2.45, 2.75) is 57.7 Å². The van der Waals surface area contributed by atoms with Crippen LogP contribution in [0.15, 0.2) is 41.8 Å². The van der Waals surface area contributed by atoms with Crippen LogP contribution in [0.3, 0.4) is 0 Å². The highest BCUT2D eigenvalue weighted by molar-refractivity contribution is 7.92. The zero-order chi connectivity index (χ0) is 28.8. The Morgan fingerprint density at radius 3 is 2.23 bits per heavy atom. The van der Waals surface area contributed by atoms with Crippen LogP contribution in [0.5, 0.6) is 0 Å². The molecule has 0 saturated carbocycles. The van der Waals surface area contributed by atoms with Gasteiger partial charge in [0.25, 0.3) is 5.91 Å². The number of nitrogens with zero attached hydrogens (tertiary/aromatic N) is 2. The SMILES string of the molecule is CNc1cc(C)c(/C=C/S(=O)(=O)N2CCC(C#N)(NC(=O)c3ccc(CCCC(F)(F)F)cc3)CC2)c(C)c1. The van der Waals surface area contributed by atoms with E-state index in [1.165, 1.54) is 21.8 Å². The maximum Gasteiger partial charge on any atom is 0.389 e. The second-order valence-electron chi connectivity index (χ2n) is 9.83. The zero-order valence-corrected chi connectivity index (χ0v) is 23.0. The summed E-state index contributed by atoms with van der Waals surface area (Å²) in [7, 11) is -1.93. The van der Waals surface area contributed by atoms with Gasteiger partial charge >= 0.3 is 6.18 Å². The number of hydrogen-bond acceptors (Lipinski definition) is 5. The molecule has 2 aromatic carbocycles. The van der Waals surface area contributed by atoms with Gasteiger partial charge in [0.15, 0.2) is 0 Å². The Morgan fingerprint density at radius 2 is 1.72 bits per heavy atom. The van der Waals surface area contributed by atoms with Crippen molar-refractivity contribution < 1.29 is 26.4 Å². The molecule has 0 aromatic heterocycles. The van der Waals surface area contributed by atoms with Gasteiger partial charge in [0.05, 0.1) is 6.07 Å². The summed E-state index contributed by atoms with van der Waals surface area (Å²) in [6, 6.07) is 12.2. The Morgan fingerprint density at radius 1 is 1.13 bits per heavy atom. The van der Waals surface area contributed by atoms with Gasteiger partial charge in [-0.15, -0.1) is 0 Å². The Labute approximate surface area is 227 Å². The number of piperidine rings is 1. The van der Waals surface area contributed by atoms with Crippen LogP contribution >= 0.6 is 0 Å². The fraction of sp³-hybridized carbons (Fsp3) is 0.429. The number of sulfonamides is 1. The number of nitrogens with one attached hydrogen (secondary N) is 2. The van der Waals surface area contributed by atoms with E-state index in [9.17, 15) is 31.6 Å². The summed E-state index contributed by atoms with van der Waals surface area (Å²) in [6.45, 7) is 3.95. The van der Waals surface area contributed by atoms with Crippen molar-refractivity contribution in [3.63, 3.8) is 0 Å². The molecule has 3 rings (SSSR count). The summed E-state index contributed by atoms with van der Waals surface area (Å²) in [5.74, 6) is -0.495. The lowest BCUT2D eigenvalue weighted by atomic mass is 9.89. The minimum absolute atomic E-state index is 0.0387. The summed E-state index contributed by atoms with van der Waals surface area (Å²) < 4.78 is 64.4. The van der Waals surface area contributed by atoms with Gasteiger partial charge in [-0.2, -0.15) is 22.7 Å². The Hall–Kier alpha value is -3.36. The first-order valence-electron chi connectivity index (χ1n) is 12.6. The molecular formula is C28H33F3N4O3S. The average molecular weight is 563 g/mol. The molecule has 39 heavy (non-hydrogen) atoms. The number of anilines is 1. The van der Waals surface area contributed by atoms with E-state index in [-0.39, 0.29) is 44.3 Å². The number of amides is 1. The Balaban J connectivity index is 1.61. The second kappa shape index (κ2) is 12.2. The van der Waals surface area contributed by atoms with E-state index in [0.717, 1.165) is 22.4 Å². The molecule has 1 aliphatic rings. The molecule has 0 atom stereocenters. The largest absolute Gasteiger partial charge is 0.389 e. The average Bonchev–Trinajstić information content (AvgIpc) is 2.88. The second-order valence-corrected chi connectivity index (χ2v) is 11.7. The summed E-state index contributed by atoms with van der Waals surface area (Å²) in [5.41, 5.74) is 3.36. The Kier molecular flexibility index (Phi) is 9.46. The molecular weight excluding hydrogens is 529 g/mol. The van der Waals surface area contributed by atoms with Gasteiger partial charge in [-0.05, 0) is 92.1 Å². The van der Waals surface area contributed by atoms with E-state index in [0.29, 0.717) is 5.56 Å². The minimum atomic E-state index is -4.20. The fourth-order valence-corrected chi connectivity index (χ4v) is 5.79. The van der Waals surface area contributed by atoms with Gasteiger partial charge in [-0.3, -0.25) is 4.79 Å². The normalized spacial score (nSPS) is 16.1. The number of nitriles is 1. The molecule has 1 amide bonds. The number of hydrogen-bond donors (Lipinski definition) is 2. The highest BCUT2D eigenvalue weighted by Gasteiger charge is 2.39. The number of carbonyl (C=O) groups is 1. The third-order valence-corrected chi connectivity index (χ3v) is 8.50. The molecule has 1 aliphatic heterocycles. The van der Waals surface area contributed by atoms with E-state index >= 15 is 0 Å². The van der Waals surface area contributed by atoms with E-state index in [1.54, 1.807) is 18.2 Å². The topological polar surface area (TPSA) is 102 Å². The molecule has 1 heterocycles. The van der Waals surface area contributed by atoms with E-state index in [4.69, 9.17) is 0 Å². The van der Waals surface area contributed by atoms with Crippen molar-refractivity contribution in [2.24, 2.45) is 0 Å². The molecule has 2 N–H and O–H groups in total. The van der Waals surface area contributed by atoms with Gasteiger partial charge < -0.3 is 10.6 Å². The van der Waals surface area contributed by atoms with Crippen LogP contribution in [0.1, 0.15) is 58.3 Å². The quantitative estimate of drug-likeness (QED) is 0.431. The van der Waals surface area contributed by atoms with Gasteiger partial charge in [-0.25, -0.2) is 8.42 Å². The maximum absolute atomic E-state index is 13.0. The van der Waals surface area contributed by atoms with Gasteiger partial charge in [0.1, 0.15) is 5.54 Å². The standard InChI is InChI=1S/C28H33F3N4O3S/c1-20-17-24(33-3)18-21(2)25(20)10-16-39(37,38)35-14-12-27(19-32,13-15-35)34-26(36)23-8-6-22(7-9-23)5-4-11-28(29,30)31/h6-10,16-18,33H,4-5,11-15H2,1-3H3,(H,34,36)/b16-10+. The number of aryl methyl sites for hydroxylation is 3. The number of halogens is 3. The summed E-state index contributed by atoms with van der Waals surface area (Å²) in [6.07, 6.45) is -3.05. The number of alkyl halides is 3. The zero-order valence-electron chi connectivity index (χ0n) is 22.2. The first-order chi connectivity index (χ1) is 18.3. The minimum Gasteiger partial charge on any atom is -0.388 e. The van der Waals surface area contributed by atoms with Gasteiger partial charge in [-0.1, -0.05) is 12.1 Å². The predicted molar refractivity (Wildman–Crippen MR) is 145 cm³/mol. The summed E-state index contributed by atoms with van der Waals surface area (Å²) in [5, 5.41) is 16.8. The van der Waals surface area contributed by atoms with E-state index in [2.05, 4.69) is 16.7 Å². The molecule has 0 bridgehead atoms. The third-order valence-electron chi connectivity index (χ3n) is 6.93. The van der Waals surface area contributed by atoms with Crippen LogP contribution in [0.2, 0.25) is 0 Å². The lowest BCUT2D eigenvalue weighted by Gasteiger charge is -2.36. The van der Waals surface area contributed by atoms with E-state index in [1.807, 2.05) is 33.0 Å². The fourth-order valence-electron chi connectivity index (χ4n) is 4.61.